The molecule has 1 N–H and O–H groups in total. The van der Waals surface area contributed by atoms with Crippen LogP contribution >= 0.6 is 11.6 Å². The summed E-state index contributed by atoms with van der Waals surface area (Å²) in [5.74, 6) is 0. The van der Waals surface area contributed by atoms with E-state index in [1.54, 1.807) is 0 Å². The molecular weight excluding hydrogens is 234 g/mol. The van der Waals surface area contributed by atoms with Gasteiger partial charge in [-0.15, -0.1) is 0 Å². The van der Waals surface area contributed by atoms with Gasteiger partial charge >= 0.3 is 0 Å². The molecule has 2 rings (SSSR count). The Labute approximate surface area is 106 Å². The van der Waals surface area contributed by atoms with Gasteiger partial charge in [-0.1, -0.05) is 17.7 Å². The fraction of sp³-hybridized carbons (Fsp3) is 0.308. The van der Waals surface area contributed by atoms with Gasteiger partial charge in [0.2, 0.25) is 0 Å². The highest BCUT2D eigenvalue weighted by Crippen LogP contribution is 2.21. The van der Waals surface area contributed by atoms with Gasteiger partial charge in [0.15, 0.2) is 0 Å². The van der Waals surface area contributed by atoms with Gasteiger partial charge in [0.05, 0.1) is 11.9 Å². The van der Waals surface area contributed by atoms with E-state index in [2.05, 4.69) is 17.3 Å². The molecule has 0 radical (unpaired) electrons. The summed E-state index contributed by atoms with van der Waals surface area (Å²) in [4.78, 5) is 0. The maximum absolute atomic E-state index is 6.13. The van der Waals surface area contributed by atoms with Crippen LogP contribution in [0.2, 0.25) is 5.02 Å². The minimum atomic E-state index is 0.771. The van der Waals surface area contributed by atoms with E-state index in [9.17, 15) is 0 Å². The summed E-state index contributed by atoms with van der Waals surface area (Å²) in [7, 11) is 1.93. The molecule has 0 amide bonds. The number of nitrogens with one attached hydrogen (secondary N) is 1. The Morgan fingerprint density at radius 1 is 1.35 bits per heavy atom. The first-order valence-corrected chi connectivity index (χ1v) is 5.96. The fourth-order valence-corrected chi connectivity index (χ4v) is 1.96. The molecule has 1 heterocycles. The van der Waals surface area contributed by atoms with Crippen LogP contribution in [0.4, 0.5) is 0 Å². The molecule has 1 aromatic carbocycles. The molecule has 17 heavy (non-hydrogen) atoms. The van der Waals surface area contributed by atoms with Gasteiger partial charge in [-0.25, -0.2) is 4.68 Å². The van der Waals surface area contributed by atoms with E-state index in [0.29, 0.717) is 0 Å². The molecule has 0 saturated heterocycles. The van der Waals surface area contributed by atoms with Gasteiger partial charge < -0.3 is 5.32 Å². The van der Waals surface area contributed by atoms with Gasteiger partial charge in [0, 0.05) is 22.8 Å². The molecule has 0 bridgehead atoms. The van der Waals surface area contributed by atoms with E-state index in [1.807, 2.05) is 43.0 Å². The monoisotopic (exact) mass is 249 g/mol. The van der Waals surface area contributed by atoms with Gasteiger partial charge in [0.25, 0.3) is 0 Å². The molecule has 90 valence electrons. The summed E-state index contributed by atoms with van der Waals surface area (Å²) in [5, 5.41) is 8.29. The van der Waals surface area contributed by atoms with Gasteiger partial charge in [-0.05, 0) is 38.6 Å². The van der Waals surface area contributed by atoms with E-state index in [0.717, 1.165) is 28.5 Å². The van der Waals surface area contributed by atoms with Crippen molar-refractivity contribution in [2.75, 3.05) is 7.05 Å². The van der Waals surface area contributed by atoms with E-state index in [1.165, 1.54) is 5.56 Å². The first-order valence-electron chi connectivity index (χ1n) is 5.58. The van der Waals surface area contributed by atoms with Crippen molar-refractivity contribution in [3.8, 4) is 5.69 Å². The Balaban J connectivity index is 2.42. The number of aromatic nitrogens is 2. The number of hydrogen-bond donors (Lipinski definition) is 1. The number of halogens is 1. The van der Waals surface area contributed by atoms with Crippen LogP contribution in [-0.4, -0.2) is 16.8 Å². The van der Waals surface area contributed by atoms with E-state index >= 15 is 0 Å². The number of rotatable bonds is 3. The van der Waals surface area contributed by atoms with Crippen molar-refractivity contribution in [2.45, 2.75) is 20.4 Å². The van der Waals surface area contributed by atoms with Crippen LogP contribution in [0.15, 0.2) is 24.4 Å². The summed E-state index contributed by atoms with van der Waals surface area (Å²) in [6.45, 7) is 4.88. The van der Waals surface area contributed by atoms with Crippen LogP contribution in [0, 0.1) is 13.8 Å². The van der Waals surface area contributed by atoms with Crippen LogP contribution in [0.5, 0.6) is 0 Å². The van der Waals surface area contributed by atoms with Gasteiger partial charge in [0.1, 0.15) is 0 Å². The standard InChI is InChI=1S/C13H16ClN3/c1-9-4-5-12(6-13(9)14)17-10(2)11(7-15-3)8-16-17/h4-6,8,15H,7H2,1-3H3. The van der Waals surface area contributed by atoms with Crippen molar-refractivity contribution < 1.29 is 0 Å². The van der Waals surface area contributed by atoms with Crippen LogP contribution in [0.25, 0.3) is 5.69 Å². The summed E-state index contributed by atoms with van der Waals surface area (Å²) in [6.07, 6.45) is 1.89. The summed E-state index contributed by atoms with van der Waals surface area (Å²) in [6, 6.07) is 5.99. The normalized spacial score (nSPS) is 10.8. The largest absolute Gasteiger partial charge is 0.316 e. The van der Waals surface area contributed by atoms with Crippen molar-refractivity contribution >= 4 is 11.6 Å². The third-order valence-electron chi connectivity index (χ3n) is 2.88. The zero-order valence-corrected chi connectivity index (χ0v) is 11.0. The zero-order valence-electron chi connectivity index (χ0n) is 10.3. The quantitative estimate of drug-likeness (QED) is 0.907. The van der Waals surface area contributed by atoms with Gasteiger partial charge in [-0.2, -0.15) is 5.10 Å². The second-order valence-electron chi connectivity index (χ2n) is 4.13. The molecule has 0 fully saturated rings. The molecule has 0 spiro atoms. The van der Waals surface area contributed by atoms with Crippen molar-refractivity contribution in [3.63, 3.8) is 0 Å². The Morgan fingerprint density at radius 3 is 2.76 bits per heavy atom. The van der Waals surface area contributed by atoms with Crippen LogP contribution in [0.3, 0.4) is 0 Å². The Morgan fingerprint density at radius 2 is 2.12 bits per heavy atom. The predicted octanol–water partition coefficient (Wildman–Crippen LogP) is 2.86. The maximum atomic E-state index is 6.13. The van der Waals surface area contributed by atoms with E-state index in [4.69, 9.17) is 11.6 Å². The molecule has 3 nitrogen and oxygen atoms in total. The Hall–Kier alpha value is -1.32. The second-order valence-corrected chi connectivity index (χ2v) is 4.54. The number of nitrogens with zero attached hydrogens (tertiary/aromatic N) is 2. The average molecular weight is 250 g/mol. The molecule has 0 aliphatic heterocycles. The van der Waals surface area contributed by atoms with Crippen molar-refractivity contribution in [1.82, 2.24) is 15.1 Å². The number of aryl methyl sites for hydroxylation is 1. The highest BCUT2D eigenvalue weighted by molar-refractivity contribution is 6.31. The summed E-state index contributed by atoms with van der Waals surface area (Å²) >= 11 is 6.13. The topological polar surface area (TPSA) is 29.9 Å². The van der Waals surface area contributed by atoms with Crippen LogP contribution in [0.1, 0.15) is 16.8 Å². The lowest BCUT2D eigenvalue weighted by Crippen LogP contribution is -2.06. The lowest BCUT2D eigenvalue weighted by Gasteiger charge is -2.07. The highest BCUT2D eigenvalue weighted by Gasteiger charge is 2.08. The average Bonchev–Trinajstić information content (AvgIpc) is 2.66. The predicted molar refractivity (Wildman–Crippen MR) is 70.8 cm³/mol. The van der Waals surface area contributed by atoms with Gasteiger partial charge in [-0.3, -0.25) is 0 Å². The van der Waals surface area contributed by atoms with E-state index in [-0.39, 0.29) is 0 Å². The van der Waals surface area contributed by atoms with Crippen molar-refractivity contribution in [3.05, 3.63) is 46.2 Å². The molecule has 2 aromatic rings. The van der Waals surface area contributed by atoms with Crippen LogP contribution in [-0.2, 0) is 6.54 Å². The number of benzene rings is 1. The SMILES string of the molecule is CNCc1cnn(-c2ccc(C)c(Cl)c2)c1C. The lowest BCUT2D eigenvalue weighted by molar-refractivity contribution is 0.801. The molecule has 4 heteroatoms. The first kappa shape index (κ1) is 12.1. The molecule has 1 aromatic heterocycles. The van der Waals surface area contributed by atoms with Crippen molar-refractivity contribution in [2.24, 2.45) is 0 Å². The minimum absolute atomic E-state index is 0.771. The number of hydrogen-bond acceptors (Lipinski definition) is 2. The van der Waals surface area contributed by atoms with E-state index < -0.39 is 0 Å². The minimum Gasteiger partial charge on any atom is -0.316 e. The molecular formula is C13H16ClN3. The molecule has 0 atom stereocenters. The van der Waals surface area contributed by atoms with Crippen molar-refractivity contribution in [1.29, 1.82) is 0 Å². The van der Waals surface area contributed by atoms with Crippen LogP contribution < -0.4 is 5.32 Å². The molecule has 0 aliphatic rings. The molecule has 0 aliphatic carbocycles. The summed E-state index contributed by atoms with van der Waals surface area (Å²) in [5.41, 5.74) is 4.42. The Bertz CT molecular complexity index is 531. The maximum Gasteiger partial charge on any atom is 0.0663 e. The third kappa shape index (κ3) is 2.35. The summed E-state index contributed by atoms with van der Waals surface area (Å²) < 4.78 is 1.91. The fourth-order valence-electron chi connectivity index (χ4n) is 1.78. The Kier molecular flexibility index (Phi) is 3.50. The lowest BCUT2D eigenvalue weighted by atomic mass is 10.2. The third-order valence-corrected chi connectivity index (χ3v) is 3.29. The second kappa shape index (κ2) is 4.90. The highest BCUT2D eigenvalue weighted by atomic mass is 35.5. The molecule has 0 unspecified atom stereocenters. The smallest absolute Gasteiger partial charge is 0.0663 e. The molecule has 0 saturated carbocycles. The first-order chi connectivity index (χ1) is 8.13. The zero-order chi connectivity index (χ0) is 12.4.